The maximum absolute atomic E-state index is 8.67. The molecule has 0 aliphatic rings. The molecule has 0 spiro atoms. The van der Waals surface area contributed by atoms with Gasteiger partial charge in [0.2, 0.25) is 0 Å². The van der Waals surface area contributed by atoms with E-state index in [0.29, 0.717) is 6.61 Å². The molecular weight excluding hydrogens is 222 g/mol. The van der Waals surface area contributed by atoms with Crippen LogP contribution in [0.2, 0.25) is 0 Å². The highest BCUT2D eigenvalue weighted by Gasteiger charge is 1.99. The fourth-order valence-electron chi connectivity index (χ4n) is 2.43. The first-order chi connectivity index (χ1) is 8.85. The maximum Gasteiger partial charge on any atom is 0.0431 e. The zero-order valence-electron chi connectivity index (χ0n) is 12.8. The number of nitrogens with zero attached hydrogens (tertiary/aromatic N) is 1. The minimum Gasteiger partial charge on any atom is -0.396 e. The Labute approximate surface area is 115 Å². The van der Waals surface area contributed by atoms with Crippen molar-refractivity contribution < 1.29 is 5.11 Å². The highest BCUT2D eigenvalue weighted by Crippen LogP contribution is 2.10. The van der Waals surface area contributed by atoms with Crippen molar-refractivity contribution in [3.05, 3.63) is 0 Å². The van der Waals surface area contributed by atoms with E-state index in [0.717, 1.165) is 6.42 Å². The topological polar surface area (TPSA) is 23.5 Å². The predicted molar refractivity (Wildman–Crippen MR) is 81.0 cm³/mol. The second-order valence-corrected chi connectivity index (χ2v) is 5.34. The smallest absolute Gasteiger partial charge is 0.0431 e. The molecule has 2 nitrogen and oxygen atoms in total. The Morgan fingerprint density at radius 1 is 0.667 bits per heavy atom. The standard InChI is InChI=1S/C16H35NO/c1-3-14-17(4-2)15-12-10-8-6-5-7-9-11-13-16-18/h18H,3-16H2,1-2H3. The summed E-state index contributed by atoms with van der Waals surface area (Å²) in [5.74, 6) is 0. The second-order valence-electron chi connectivity index (χ2n) is 5.34. The predicted octanol–water partition coefficient (Wildman–Crippen LogP) is 4.22. The summed E-state index contributed by atoms with van der Waals surface area (Å²) in [6.07, 6.45) is 13.1. The molecule has 0 atom stereocenters. The Morgan fingerprint density at radius 3 is 1.61 bits per heavy atom. The first-order valence-electron chi connectivity index (χ1n) is 8.18. The van der Waals surface area contributed by atoms with Gasteiger partial charge in [-0.05, 0) is 38.9 Å². The van der Waals surface area contributed by atoms with E-state index >= 15 is 0 Å². The molecule has 0 aromatic carbocycles. The monoisotopic (exact) mass is 257 g/mol. The number of rotatable bonds is 14. The highest BCUT2D eigenvalue weighted by molar-refractivity contribution is 4.55. The molecule has 1 N–H and O–H groups in total. The van der Waals surface area contributed by atoms with Crippen LogP contribution in [0.25, 0.3) is 0 Å². The van der Waals surface area contributed by atoms with E-state index < -0.39 is 0 Å². The zero-order chi connectivity index (χ0) is 13.5. The molecule has 0 rings (SSSR count). The zero-order valence-corrected chi connectivity index (χ0v) is 12.8. The van der Waals surface area contributed by atoms with E-state index in [2.05, 4.69) is 18.7 Å². The van der Waals surface area contributed by atoms with Crippen LogP contribution in [0.15, 0.2) is 0 Å². The van der Waals surface area contributed by atoms with Gasteiger partial charge >= 0.3 is 0 Å². The summed E-state index contributed by atoms with van der Waals surface area (Å²) in [5.41, 5.74) is 0. The van der Waals surface area contributed by atoms with Gasteiger partial charge in [-0.2, -0.15) is 0 Å². The summed E-state index contributed by atoms with van der Waals surface area (Å²) in [6, 6.07) is 0. The van der Waals surface area contributed by atoms with Crippen LogP contribution < -0.4 is 0 Å². The first-order valence-corrected chi connectivity index (χ1v) is 8.18. The maximum atomic E-state index is 8.67. The normalized spacial score (nSPS) is 11.3. The average molecular weight is 257 g/mol. The fourth-order valence-corrected chi connectivity index (χ4v) is 2.43. The van der Waals surface area contributed by atoms with Crippen molar-refractivity contribution in [3.63, 3.8) is 0 Å². The molecule has 0 saturated carbocycles. The summed E-state index contributed by atoms with van der Waals surface area (Å²) < 4.78 is 0. The molecule has 0 heterocycles. The van der Waals surface area contributed by atoms with Gasteiger partial charge in [0.25, 0.3) is 0 Å². The molecule has 110 valence electrons. The van der Waals surface area contributed by atoms with Crippen LogP contribution in [0.1, 0.15) is 78.1 Å². The van der Waals surface area contributed by atoms with Gasteiger partial charge in [0.1, 0.15) is 0 Å². The number of hydrogen-bond donors (Lipinski definition) is 1. The molecule has 0 radical (unpaired) electrons. The van der Waals surface area contributed by atoms with Gasteiger partial charge in [-0.25, -0.2) is 0 Å². The van der Waals surface area contributed by atoms with Gasteiger partial charge in [-0.1, -0.05) is 58.8 Å². The van der Waals surface area contributed by atoms with E-state index in [-0.39, 0.29) is 0 Å². The SMILES string of the molecule is CCCN(CC)CCCCCCCCCCCO. The molecule has 0 unspecified atom stereocenters. The lowest BCUT2D eigenvalue weighted by Crippen LogP contribution is -2.25. The van der Waals surface area contributed by atoms with Crippen molar-refractivity contribution in [1.29, 1.82) is 0 Å². The fraction of sp³-hybridized carbons (Fsp3) is 1.00. The van der Waals surface area contributed by atoms with E-state index in [1.807, 2.05) is 0 Å². The summed E-state index contributed by atoms with van der Waals surface area (Å²) in [7, 11) is 0. The molecule has 0 aromatic heterocycles. The lowest BCUT2D eigenvalue weighted by Gasteiger charge is -2.19. The van der Waals surface area contributed by atoms with Gasteiger partial charge in [-0.15, -0.1) is 0 Å². The van der Waals surface area contributed by atoms with Gasteiger partial charge in [0.15, 0.2) is 0 Å². The second kappa shape index (κ2) is 15.0. The van der Waals surface area contributed by atoms with Crippen LogP contribution in [-0.4, -0.2) is 36.2 Å². The average Bonchev–Trinajstić information content (AvgIpc) is 2.39. The number of unbranched alkanes of at least 4 members (excludes halogenated alkanes) is 8. The number of hydrogen-bond acceptors (Lipinski definition) is 2. The van der Waals surface area contributed by atoms with Gasteiger partial charge < -0.3 is 10.0 Å². The lowest BCUT2D eigenvalue weighted by molar-refractivity contribution is 0.280. The minimum absolute atomic E-state index is 0.367. The van der Waals surface area contributed by atoms with Crippen LogP contribution in [-0.2, 0) is 0 Å². The molecule has 18 heavy (non-hydrogen) atoms. The number of aliphatic hydroxyl groups excluding tert-OH is 1. The van der Waals surface area contributed by atoms with Crippen molar-refractivity contribution in [1.82, 2.24) is 4.90 Å². The molecule has 2 heteroatoms. The van der Waals surface area contributed by atoms with Crippen LogP contribution >= 0.6 is 0 Å². The Bertz CT molecular complexity index is 150. The van der Waals surface area contributed by atoms with Crippen LogP contribution in [0, 0.1) is 0 Å². The quantitative estimate of drug-likeness (QED) is 0.471. The lowest BCUT2D eigenvalue weighted by atomic mass is 10.1. The van der Waals surface area contributed by atoms with Crippen molar-refractivity contribution in [2.75, 3.05) is 26.2 Å². The van der Waals surface area contributed by atoms with Crippen molar-refractivity contribution in [3.8, 4) is 0 Å². The van der Waals surface area contributed by atoms with Crippen molar-refractivity contribution in [2.45, 2.75) is 78.1 Å². The van der Waals surface area contributed by atoms with E-state index in [9.17, 15) is 0 Å². The van der Waals surface area contributed by atoms with Gasteiger partial charge in [-0.3, -0.25) is 0 Å². The van der Waals surface area contributed by atoms with E-state index in [1.165, 1.54) is 77.4 Å². The molecule has 0 bridgehead atoms. The van der Waals surface area contributed by atoms with E-state index in [4.69, 9.17) is 5.11 Å². The largest absolute Gasteiger partial charge is 0.396 e. The Morgan fingerprint density at radius 2 is 1.17 bits per heavy atom. The third-order valence-electron chi connectivity index (χ3n) is 3.62. The molecule has 0 aliphatic carbocycles. The molecule has 0 fully saturated rings. The Hall–Kier alpha value is -0.0800. The van der Waals surface area contributed by atoms with Gasteiger partial charge in [0.05, 0.1) is 0 Å². The highest BCUT2D eigenvalue weighted by atomic mass is 16.2. The van der Waals surface area contributed by atoms with Crippen LogP contribution in [0.5, 0.6) is 0 Å². The van der Waals surface area contributed by atoms with Crippen molar-refractivity contribution in [2.24, 2.45) is 0 Å². The molecular formula is C16H35NO. The molecule has 0 aliphatic heterocycles. The van der Waals surface area contributed by atoms with Crippen molar-refractivity contribution >= 4 is 0 Å². The summed E-state index contributed by atoms with van der Waals surface area (Å²) in [6.45, 7) is 8.66. The van der Waals surface area contributed by atoms with Crippen LogP contribution in [0.3, 0.4) is 0 Å². The van der Waals surface area contributed by atoms with Crippen LogP contribution in [0.4, 0.5) is 0 Å². The molecule has 0 aromatic rings. The molecule has 0 saturated heterocycles. The third-order valence-corrected chi connectivity index (χ3v) is 3.62. The Balaban J connectivity index is 3.10. The van der Waals surface area contributed by atoms with Gasteiger partial charge in [0, 0.05) is 6.61 Å². The summed E-state index contributed by atoms with van der Waals surface area (Å²) >= 11 is 0. The Kier molecular flexibility index (Phi) is 14.9. The molecule has 0 amide bonds. The third kappa shape index (κ3) is 12.4. The summed E-state index contributed by atoms with van der Waals surface area (Å²) in [5, 5.41) is 8.67. The number of aliphatic hydroxyl groups is 1. The first kappa shape index (κ1) is 17.9. The minimum atomic E-state index is 0.367. The summed E-state index contributed by atoms with van der Waals surface area (Å²) in [4.78, 5) is 2.56. The van der Waals surface area contributed by atoms with E-state index in [1.54, 1.807) is 0 Å².